The fourth-order valence-corrected chi connectivity index (χ4v) is 2.65. The van der Waals surface area contributed by atoms with Gasteiger partial charge in [-0.1, -0.05) is 74.5 Å². The molecule has 0 aliphatic heterocycles. The molecule has 128 valence electrons. The van der Waals surface area contributed by atoms with Crippen LogP contribution in [0.5, 0.6) is 0 Å². The normalized spacial score (nSPS) is 12.0. The maximum atomic E-state index is 12.3. The fourth-order valence-electron chi connectivity index (χ4n) is 2.65. The standard InChI is InChI=1S/C20H27N3O/c1-3-23(4-2)16-19(18-13-9-6-10-14-18)22-20(24)21-15-17-11-7-5-8-12-17/h5-14,19H,3-4,15-16H2,1-2H3,(H2,21,22,24). The predicted molar refractivity (Wildman–Crippen MR) is 98.8 cm³/mol. The van der Waals surface area contributed by atoms with Crippen molar-refractivity contribution in [1.82, 2.24) is 15.5 Å². The van der Waals surface area contributed by atoms with Crippen LogP contribution in [0.2, 0.25) is 0 Å². The van der Waals surface area contributed by atoms with Gasteiger partial charge >= 0.3 is 6.03 Å². The minimum absolute atomic E-state index is 0.0260. The molecule has 2 aromatic rings. The number of rotatable bonds is 8. The number of urea groups is 1. The summed E-state index contributed by atoms with van der Waals surface area (Å²) in [7, 11) is 0. The molecule has 0 saturated carbocycles. The number of carbonyl (C=O) groups excluding carboxylic acids is 1. The van der Waals surface area contributed by atoms with Gasteiger partial charge in [0.25, 0.3) is 0 Å². The molecule has 24 heavy (non-hydrogen) atoms. The number of hydrogen-bond donors (Lipinski definition) is 2. The molecule has 1 unspecified atom stereocenters. The zero-order valence-corrected chi connectivity index (χ0v) is 14.5. The van der Waals surface area contributed by atoms with Gasteiger partial charge in [-0.15, -0.1) is 0 Å². The average molecular weight is 325 g/mol. The maximum absolute atomic E-state index is 12.3. The molecule has 0 saturated heterocycles. The van der Waals surface area contributed by atoms with E-state index in [1.54, 1.807) is 0 Å². The van der Waals surface area contributed by atoms with Gasteiger partial charge < -0.3 is 15.5 Å². The number of hydrogen-bond acceptors (Lipinski definition) is 2. The van der Waals surface area contributed by atoms with Crippen LogP contribution in [0.15, 0.2) is 60.7 Å². The summed E-state index contributed by atoms with van der Waals surface area (Å²) in [6.07, 6.45) is 0. The third-order valence-electron chi connectivity index (χ3n) is 4.14. The first-order chi connectivity index (χ1) is 11.7. The summed E-state index contributed by atoms with van der Waals surface area (Å²) in [5.74, 6) is 0. The molecule has 0 spiro atoms. The van der Waals surface area contributed by atoms with Crippen molar-refractivity contribution < 1.29 is 4.79 Å². The van der Waals surface area contributed by atoms with E-state index in [1.165, 1.54) is 0 Å². The summed E-state index contributed by atoms with van der Waals surface area (Å²) in [5.41, 5.74) is 2.21. The summed E-state index contributed by atoms with van der Waals surface area (Å²) >= 11 is 0. The Kier molecular flexibility index (Phi) is 7.30. The SMILES string of the molecule is CCN(CC)CC(NC(=O)NCc1ccccc1)c1ccccc1. The molecule has 0 heterocycles. The van der Waals surface area contributed by atoms with Gasteiger partial charge in [-0.3, -0.25) is 0 Å². The molecular weight excluding hydrogens is 298 g/mol. The van der Waals surface area contributed by atoms with Crippen LogP contribution in [-0.4, -0.2) is 30.6 Å². The maximum Gasteiger partial charge on any atom is 0.315 e. The Morgan fingerprint density at radius 1 is 0.958 bits per heavy atom. The molecule has 0 aliphatic rings. The van der Waals surface area contributed by atoms with Crippen molar-refractivity contribution in [3.63, 3.8) is 0 Å². The number of benzene rings is 2. The van der Waals surface area contributed by atoms with E-state index in [0.29, 0.717) is 6.54 Å². The molecule has 4 heteroatoms. The lowest BCUT2D eigenvalue weighted by atomic mass is 10.1. The molecule has 0 aromatic heterocycles. The van der Waals surface area contributed by atoms with Crippen molar-refractivity contribution >= 4 is 6.03 Å². The topological polar surface area (TPSA) is 44.4 Å². The third kappa shape index (κ3) is 5.70. The van der Waals surface area contributed by atoms with E-state index in [9.17, 15) is 4.79 Å². The van der Waals surface area contributed by atoms with Crippen LogP contribution in [0.3, 0.4) is 0 Å². The second kappa shape index (κ2) is 9.73. The number of amides is 2. The van der Waals surface area contributed by atoms with E-state index < -0.39 is 0 Å². The molecular formula is C20H27N3O. The summed E-state index contributed by atoms with van der Waals surface area (Å²) in [6, 6.07) is 19.9. The summed E-state index contributed by atoms with van der Waals surface area (Å²) in [6.45, 7) is 7.54. The molecule has 2 amide bonds. The van der Waals surface area contributed by atoms with E-state index in [0.717, 1.165) is 30.8 Å². The van der Waals surface area contributed by atoms with Gasteiger partial charge in [-0.25, -0.2) is 4.79 Å². The van der Waals surface area contributed by atoms with Gasteiger partial charge in [0.2, 0.25) is 0 Å². The lowest BCUT2D eigenvalue weighted by Gasteiger charge is -2.26. The molecule has 1 atom stereocenters. The Morgan fingerprint density at radius 2 is 1.54 bits per heavy atom. The van der Waals surface area contributed by atoms with Gasteiger partial charge in [-0.05, 0) is 24.2 Å². The Bertz CT molecular complexity index is 597. The highest BCUT2D eigenvalue weighted by Crippen LogP contribution is 2.14. The number of carbonyl (C=O) groups is 1. The van der Waals surface area contributed by atoms with Crippen LogP contribution in [0, 0.1) is 0 Å². The Labute approximate surface area is 144 Å². The summed E-state index contributed by atoms with van der Waals surface area (Å²) in [5, 5.41) is 6.05. The Hall–Kier alpha value is -2.33. The van der Waals surface area contributed by atoms with Crippen molar-refractivity contribution in [2.75, 3.05) is 19.6 Å². The highest BCUT2D eigenvalue weighted by atomic mass is 16.2. The fraction of sp³-hybridized carbons (Fsp3) is 0.350. The van der Waals surface area contributed by atoms with Gasteiger partial charge in [0.15, 0.2) is 0 Å². The second-order valence-electron chi connectivity index (χ2n) is 5.76. The predicted octanol–water partition coefficient (Wildman–Crippen LogP) is 3.57. The molecule has 0 fully saturated rings. The molecule has 0 bridgehead atoms. The summed E-state index contributed by atoms with van der Waals surface area (Å²) in [4.78, 5) is 14.6. The van der Waals surface area contributed by atoms with Gasteiger partial charge in [0.1, 0.15) is 0 Å². The summed E-state index contributed by atoms with van der Waals surface area (Å²) < 4.78 is 0. The van der Waals surface area contributed by atoms with Crippen LogP contribution in [-0.2, 0) is 6.54 Å². The van der Waals surface area contributed by atoms with Gasteiger partial charge in [-0.2, -0.15) is 0 Å². The second-order valence-corrected chi connectivity index (χ2v) is 5.76. The van der Waals surface area contributed by atoms with Crippen molar-refractivity contribution in [3.8, 4) is 0 Å². The minimum Gasteiger partial charge on any atom is -0.334 e. The monoisotopic (exact) mass is 325 g/mol. The Morgan fingerprint density at radius 3 is 2.12 bits per heavy atom. The molecule has 0 radical (unpaired) electrons. The largest absolute Gasteiger partial charge is 0.334 e. The molecule has 2 N–H and O–H groups in total. The average Bonchev–Trinajstić information content (AvgIpc) is 2.65. The first-order valence-corrected chi connectivity index (χ1v) is 8.58. The molecule has 2 rings (SSSR count). The van der Waals surface area contributed by atoms with Crippen LogP contribution in [0.25, 0.3) is 0 Å². The highest BCUT2D eigenvalue weighted by Gasteiger charge is 2.16. The highest BCUT2D eigenvalue weighted by molar-refractivity contribution is 5.74. The van der Waals surface area contributed by atoms with Crippen molar-refractivity contribution in [2.45, 2.75) is 26.4 Å². The van der Waals surface area contributed by atoms with E-state index in [2.05, 4.69) is 41.5 Å². The lowest BCUT2D eigenvalue weighted by molar-refractivity contribution is 0.225. The number of nitrogens with one attached hydrogen (secondary N) is 2. The van der Waals surface area contributed by atoms with E-state index in [1.807, 2.05) is 48.5 Å². The molecule has 2 aromatic carbocycles. The third-order valence-corrected chi connectivity index (χ3v) is 4.14. The zero-order chi connectivity index (χ0) is 17.2. The van der Waals surface area contributed by atoms with Crippen molar-refractivity contribution in [1.29, 1.82) is 0 Å². The quantitative estimate of drug-likeness (QED) is 0.779. The first-order valence-electron chi connectivity index (χ1n) is 8.58. The van der Waals surface area contributed by atoms with Crippen LogP contribution in [0.1, 0.15) is 31.0 Å². The van der Waals surface area contributed by atoms with Crippen LogP contribution < -0.4 is 10.6 Å². The number of nitrogens with zero attached hydrogens (tertiary/aromatic N) is 1. The van der Waals surface area contributed by atoms with Crippen molar-refractivity contribution in [2.24, 2.45) is 0 Å². The smallest absolute Gasteiger partial charge is 0.315 e. The Balaban J connectivity index is 1.97. The van der Waals surface area contributed by atoms with E-state index in [-0.39, 0.29) is 12.1 Å². The van der Waals surface area contributed by atoms with E-state index in [4.69, 9.17) is 0 Å². The molecule has 0 aliphatic carbocycles. The van der Waals surface area contributed by atoms with Gasteiger partial charge in [0, 0.05) is 13.1 Å². The van der Waals surface area contributed by atoms with E-state index >= 15 is 0 Å². The van der Waals surface area contributed by atoms with Crippen LogP contribution in [0.4, 0.5) is 4.79 Å². The van der Waals surface area contributed by atoms with Gasteiger partial charge in [0.05, 0.1) is 6.04 Å². The molecule has 4 nitrogen and oxygen atoms in total. The first kappa shape index (κ1) is 18.0. The van der Waals surface area contributed by atoms with Crippen LogP contribution >= 0.6 is 0 Å². The minimum atomic E-state index is -0.139. The van der Waals surface area contributed by atoms with Crippen molar-refractivity contribution in [3.05, 3.63) is 71.8 Å². The zero-order valence-electron chi connectivity index (χ0n) is 14.5. The lowest BCUT2D eigenvalue weighted by Crippen LogP contribution is -2.42. The number of likely N-dealkylation sites (N-methyl/N-ethyl adjacent to an activating group) is 1.